The van der Waals surface area contributed by atoms with E-state index in [-0.39, 0.29) is 5.91 Å². The largest absolute Gasteiger partial charge is 0.355 e. The first kappa shape index (κ1) is 16.2. The van der Waals surface area contributed by atoms with Gasteiger partial charge in [0, 0.05) is 27.7 Å². The van der Waals surface area contributed by atoms with Gasteiger partial charge in [-0.2, -0.15) is 0 Å². The number of aryl methyl sites for hydroxylation is 1. The van der Waals surface area contributed by atoms with Crippen molar-refractivity contribution < 1.29 is 4.79 Å². The molecule has 1 aromatic heterocycles. The molecule has 3 rings (SSSR count). The molecule has 2 N–H and O–H groups in total. The summed E-state index contributed by atoms with van der Waals surface area (Å²) in [7, 11) is 0. The first-order valence-corrected chi connectivity index (χ1v) is 8.26. The zero-order valence-corrected chi connectivity index (χ0v) is 14.7. The summed E-state index contributed by atoms with van der Waals surface area (Å²) in [5.74, 6) is -0.245. The Bertz CT molecular complexity index is 845. The van der Waals surface area contributed by atoms with Gasteiger partial charge in [-0.05, 0) is 55.5 Å². The molecule has 0 saturated carbocycles. The Morgan fingerprint density at radius 3 is 2.29 bits per heavy atom. The van der Waals surface area contributed by atoms with Crippen molar-refractivity contribution in [3.05, 3.63) is 82.6 Å². The fourth-order valence-corrected chi connectivity index (χ4v) is 2.43. The van der Waals surface area contributed by atoms with Crippen LogP contribution in [0.25, 0.3) is 0 Å². The second-order valence-electron chi connectivity index (χ2n) is 5.38. The van der Waals surface area contributed by atoms with Gasteiger partial charge in [0.2, 0.25) is 0 Å². The van der Waals surface area contributed by atoms with Gasteiger partial charge in [-0.3, -0.25) is 9.78 Å². The Hall–Kier alpha value is -2.66. The highest BCUT2D eigenvalue weighted by atomic mass is 79.9. The summed E-state index contributed by atoms with van der Waals surface area (Å²) in [6.07, 6.45) is 1.62. The maximum Gasteiger partial charge on any atom is 0.274 e. The first-order valence-electron chi connectivity index (χ1n) is 7.47. The van der Waals surface area contributed by atoms with Crippen LogP contribution in [0.5, 0.6) is 0 Å². The van der Waals surface area contributed by atoms with Crippen LogP contribution >= 0.6 is 15.9 Å². The lowest BCUT2D eigenvalue weighted by molar-refractivity contribution is 0.102. The van der Waals surface area contributed by atoms with Gasteiger partial charge >= 0.3 is 0 Å². The molecule has 1 heterocycles. The summed E-state index contributed by atoms with van der Waals surface area (Å²) in [6, 6.07) is 19.0. The molecule has 120 valence electrons. The number of pyridine rings is 1. The van der Waals surface area contributed by atoms with Crippen LogP contribution in [0.1, 0.15) is 16.1 Å². The summed E-state index contributed by atoms with van der Waals surface area (Å²) < 4.78 is 0.961. The van der Waals surface area contributed by atoms with E-state index in [2.05, 4.69) is 31.5 Å². The van der Waals surface area contributed by atoms with Crippen molar-refractivity contribution in [2.24, 2.45) is 0 Å². The summed E-state index contributed by atoms with van der Waals surface area (Å²) in [5, 5.41) is 6.11. The highest BCUT2D eigenvalue weighted by Crippen LogP contribution is 2.18. The molecule has 1 amide bonds. The number of hydrogen-bond acceptors (Lipinski definition) is 3. The number of benzene rings is 2. The van der Waals surface area contributed by atoms with E-state index in [1.807, 2.05) is 61.5 Å². The fraction of sp³-hybridized carbons (Fsp3) is 0.0526. The van der Waals surface area contributed by atoms with Gasteiger partial charge in [-0.25, -0.2) is 0 Å². The second-order valence-corrected chi connectivity index (χ2v) is 6.30. The number of aromatic nitrogens is 1. The quantitative estimate of drug-likeness (QED) is 0.656. The van der Waals surface area contributed by atoms with Gasteiger partial charge in [0.15, 0.2) is 0 Å². The summed E-state index contributed by atoms with van der Waals surface area (Å²) >= 11 is 3.37. The van der Waals surface area contributed by atoms with Gasteiger partial charge in [0.25, 0.3) is 5.91 Å². The zero-order valence-electron chi connectivity index (χ0n) is 13.1. The minimum absolute atomic E-state index is 0.245. The van der Waals surface area contributed by atoms with Crippen molar-refractivity contribution in [2.45, 2.75) is 6.92 Å². The van der Waals surface area contributed by atoms with Crippen LogP contribution < -0.4 is 10.6 Å². The molecular formula is C19H16BrN3O. The normalized spacial score (nSPS) is 10.2. The molecular weight excluding hydrogens is 366 g/mol. The third-order valence-electron chi connectivity index (χ3n) is 3.43. The zero-order chi connectivity index (χ0) is 16.9. The third-order valence-corrected chi connectivity index (χ3v) is 3.96. The predicted molar refractivity (Wildman–Crippen MR) is 101 cm³/mol. The standard InChI is InChI=1S/C19H16BrN3O/c1-13-2-6-15(7-3-13)22-17-10-11-21-18(12-17)19(24)23-16-8-4-14(20)5-9-16/h2-12H,1H3,(H,21,22)(H,23,24). The average Bonchev–Trinajstić information content (AvgIpc) is 2.59. The molecule has 0 spiro atoms. The van der Waals surface area contributed by atoms with E-state index in [1.54, 1.807) is 12.3 Å². The lowest BCUT2D eigenvalue weighted by atomic mass is 10.2. The molecule has 0 radical (unpaired) electrons. The topological polar surface area (TPSA) is 54.0 Å². The molecule has 0 unspecified atom stereocenters. The molecule has 0 aliphatic heterocycles. The van der Waals surface area contributed by atoms with Crippen LogP contribution in [0, 0.1) is 6.92 Å². The van der Waals surface area contributed by atoms with Gasteiger partial charge in [-0.1, -0.05) is 33.6 Å². The number of carbonyl (C=O) groups excluding carboxylic acids is 1. The minimum Gasteiger partial charge on any atom is -0.355 e. The fourth-order valence-electron chi connectivity index (χ4n) is 2.16. The number of rotatable bonds is 4. The molecule has 24 heavy (non-hydrogen) atoms. The van der Waals surface area contributed by atoms with Crippen molar-refractivity contribution in [2.75, 3.05) is 10.6 Å². The predicted octanol–water partition coefficient (Wildman–Crippen LogP) is 5.15. The van der Waals surface area contributed by atoms with Crippen LogP contribution in [0.15, 0.2) is 71.3 Å². The molecule has 4 nitrogen and oxygen atoms in total. The number of halogens is 1. The Balaban J connectivity index is 1.73. The monoisotopic (exact) mass is 381 g/mol. The Morgan fingerprint density at radius 1 is 0.917 bits per heavy atom. The maximum atomic E-state index is 12.3. The Labute approximate surface area is 149 Å². The van der Waals surface area contributed by atoms with Crippen LogP contribution in [0.3, 0.4) is 0 Å². The average molecular weight is 382 g/mol. The van der Waals surface area contributed by atoms with Crippen molar-refractivity contribution in [3.8, 4) is 0 Å². The van der Waals surface area contributed by atoms with E-state index < -0.39 is 0 Å². The van der Waals surface area contributed by atoms with Crippen LogP contribution in [-0.2, 0) is 0 Å². The number of hydrogen-bond donors (Lipinski definition) is 2. The van der Waals surface area contributed by atoms with Crippen molar-refractivity contribution >= 4 is 38.9 Å². The molecule has 0 bridgehead atoms. The number of carbonyl (C=O) groups is 1. The van der Waals surface area contributed by atoms with E-state index in [4.69, 9.17) is 0 Å². The molecule has 5 heteroatoms. The van der Waals surface area contributed by atoms with E-state index >= 15 is 0 Å². The van der Waals surface area contributed by atoms with Crippen LogP contribution in [0.2, 0.25) is 0 Å². The summed E-state index contributed by atoms with van der Waals surface area (Å²) in [5.41, 5.74) is 4.06. The smallest absolute Gasteiger partial charge is 0.274 e. The second kappa shape index (κ2) is 7.27. The molecule has 2 aromatic carbocycles. The van der Waals surface area contributed by atoms with Gasteiger partial charge in [0.05, 0.1) is 0 Å². The van der Waals surface area contributed by atoms with E-state index in [0.29, 0.717) is 5.69 Å². The minimum atomic E-state index is -0.245. The van der Waals surface area contributed by atoms with Crippen LogP contribution in [-0.4, -0.2) is 10.9 Å². The molecule has 3 aromatic rings. The van der Waals surface area contributed by atoms with Crippen molar-refractivity contribution in [1.82, 2.24) is 4.98 Å². The lowest BCUT2D eigenvalue weighted by Gasteiger charge is -2.09. The molecule has 0 aliphatic rings. The first-order chi connectivity index (χ1) is 11.6. The number of nitrogens with zero attached hydrogens (tertiary/aromatic N) is 1. The number of nitrogens with one attached hydrogen (secondary N) is 2. The van der Waals surface area contributed by atoms with E-state index in [1.165, 1.54) is 5.56 Å². The van der Waals surface area contributed by atoms with Crippen molar-refractivity contribution in [3.63, 3.8) is 0 Å². The van der Waals surface area contributed by atoms with Crippen molar-refractivity contribution in [1.29, 1.82) is 0 Å². The van der Waals surface area contributed by atoms with Gasteiger partial charge in [0.1, 0.15) is 5.69 Å². The Morgan fingerprint density at radius 2 is 1.58 bits per heavy atom. The van der Waals surface area contributed by atoms with Gasteiger partial charge < -0.3 is 10.6 Å². The molecule has 0 atom stereocenters. The SMILES string of the molecule is Cc1ccc(Nc2ccnc(C(=O)Nc3ccc(Br)cc3)c2)cc1. The number of anilines is 3. The third kappa shape index (κ3) is 4.20. The highest BCUT2D eigenvalue weighted by Gasteiger charge is 2.08. The molecule has 0 fully saturated rings. The van der Waals surface area contributed by atoms with E-state index in [0.717, 1.165) is 21.5 Å². The lowest BCUT2D eigenvalue weighted by Crippen LogP contribution is -2.13. The van der Waals surface area contributed by atoms with Crippen LogP contribution in [0.4, 0.5) is 17.1 Å². The Kier molecular flexibility index (Phi) is 4.91. The van der Waals surface area contributed by atoms with E-state index in [9.17, 15) is 4.79 Å². The summed E-state index contributed by atoms with van der Waals surface area (Å²) in [6.45, 7) is 2.04. The molecule has 0 saturated heterocycles. The molecule has 0 aliphatic carbocycles. The highest BCUT2D eigenvalue weighted by molar-refractivity contribution is 9.10. The number of amides is 1. The summed E-state index contributed by atoms with van der Waals surface area (Å²) in [4.78, 5) is 16.5. The maximum absolute atomic E-state index is 12.3. The van der Waals surface area contributed by atoms with Gasteiger partial charge in [-0.15, -0.1) is 0 Å².